The van der Waals surface area contributed by atoms with Crippen LogP contribution in [0.15, 0.2) is 12.3 Å². The highest BCUT2D eigenvalue weighted by Crippen LogP contribution is 2.29. The number of allylic oxidation sites excluding steroid dienone is 1. The van der Waals surface area contributed by atoms with Crippen LogP contribution in [0.2, 0.25) is 0 Å². The molecule has 0 spiro atoms. The molecule has 0 aliphatic carbocycles. The van der Waals surface area contributed by atoms with E-state index in [1.807, 2.05) is 0 Å². The normalized spacial score (nSPS) is 33.2. The molecule has 0 radical (unpaired) electrons. The van der Waals surface area contributed by atoms with Crippen LogP contribution in [0.25, 0.3) is 0 Å². The number of hydrogen-bond donors (Lipinski definition) is 2. The van der Waals surface area contributed by atoms with Gasteiger partial charge in [-0.1, -0.05) is 19.9 Å². The molecule has 2 heterocycles. The van der Waals surface area contributed by atoms with Gasteiger partial charge in [-0.15, -0.1) is 0 Å². The van der Waals surface area contributed by atoms with E-state index in [4.69, 9.17) is 5.73 Å². The van der Waals surface area contributed by atoms with Crippen LogP contribution in [0.4, 0.5) is 0 Å². The lowest BCUT2D eigenvalue weighted by Crippen LogP contribution is -2.48. The molecule has 3 heteroatoms. The first-order valence-electron chi connectivity index (χ1n) is 8.47. The molecule has 3 nitrogen and oxygen atoms in total. The van der Waals surface area contributed by atoms with E-state index < -0.39 is 0 Å². The molecule has 0 aromatic carbocycles. The summed E-state index contributed by atoms with van der Waals surface area (Å²) in [6.07, 6.45) is 6.38. The summed E-state index contributed by atoms with van der Waals surface area (Å²) in [7, 11) is 0. The Morgan fingerprint density at radius 1 is 1.30 bits per heavy atom. The number of nitrogens with one attached hydrogen (secondary N) is 1. The lowest BCUT2D eigenvalue weighted by Gasteiger charge is -2.40. The molecule has 0 saturated carbocycles. The first-order chi connectivity index (χ1) is 9.58. The van der Waals surface area contributed by atoms with Crippen LogP contribution in [0, 0.1) is 17.8 Å². The Labute approximate surface area is 125 Å². The zero-order valence-corrected chi connectivity index (χ0v) is 13.4. The van der Waals surface area contributed by atoms with Gasteiger partial charge in [0.1, 0.15) is 0 Å². The van der Waals surface area contributed by atoms with Gasteiger partial charge < -0.3 is 16.0 Å². The van der Waals surface area contributed by atoms with Crippen molar-refractivity contribution in [2.24, 2.45) is 23.5 Å². The number of piperidine rings is 2. The van der Waals surface area contributed by atoms with Crippen molar-refractivity contribution in [1.29, 1.82) is 0 Å². The van der Waals surface area contributed by atoms with E-state index in [1.165, 1.54) is 45.3 Å². The molecule has 116 valence electrons. The van der Waals surface area contributed by atoms with Crippen molar-refractivity contribution >= 4 is 0 Å². The molecule has 2 aliphatic rings. The zero-order chi connectivity index (χ0) is 14.5. The Morgan fingerprint density at radius 3 is 2.60 bits per heavy atom. The highest BCUT2D eigenvalue weighted by atomic mass is 15.1. The zero-order valence-electron chi connectivity index (χ0n) is 13.4. The van der Waals surface area contributed by atoms with E-state index in [2.05, 4.69) is 30.6 Å². The Balaban J connectivity index is 1.84. The van der Waals surface area contributed by atoms with Crippen LogP contribution in [0.5, 0.6) is 0 Å². The van der Waals surface area contributed by atoms with Gasteiger partial charge in [0, 0.05) is 18.3 Å². The Hall–Kier alpha value is -0.540. The van der Waals surface area contributed by atoms with Crippen molar-refractivity contribution < 1.29 is 0 Å². The van der Waals surface area contributed by atoms with Gasteiger partial charge >= 0.3 is 0 Å². The molecule has 0 amide bonds. The van der Waals surface area contributed by atoms with Crippen molar-refractivity contribution in [2.45, 2.75) is 52.0 Å². The summed E-state index contributed by atoms with van der Waals surface area (Å²) < 4.78 is 0. The molecule has 1 unspecified atom stereocenters. The van der Waals surface area contributed by atoms with Crippen LogP contribution in [0.3, 0.4) is 0 Å². The summed E-state index contributed by atoms with van der Waals surface area (Å²) in [6, 6.07) is 0.626. The lowest BCUT2D eigenvalue weighted by atomic mass is 9.80. The number of likely N-dealkylation sites (tertiary alicyclic amines) is 1. The van der Waals surface area contributed by atoms with Crippen LogP contribution in [-0.4, -0.2) is 37.1 Å². The van der Waals surface area contributed by atoms with Gasteiger partial charge in [-0.2, -0.15) is 0 Å². The molecular formula is C17H33N3. The maximum absolute atomic E-state index is 5.87. The topological polar surface area (TPSA) is 41.3 Å². The van der Waals surface area contributed by atoms with Crippen LogP contribution in [0.1, 0.15) is 46.0 Å². The van der Waals surface area contributed by atoms with Gasteiger partial charge in [-0.3, -0.25) is 0 Å². The molecule has 2 fully saturated rings. The third-order valence-corrected chi connectivity index (χ3v) is 5.35. The molecule has 20 heavy (non-hydrogen) atoms. The van der Waals surface area contributed by atoms with E-state index in [9.17, 15) is 0 Å². The third kappa shape index (κ3) is 4.49. The van der Waals surface area contributed by atoms with Gasteiger partial charge in [-0.25, -0.2) is 0 Å². The number of rotatable bonds is 5. The van der Waals surface area contributed by atoms with Crippen LogP contribution >= 0.6 is 0 Å². The van der Waals surface area contributed by atoms with Gasteiger partial charge in [-0.05, 0) is 70.0 Å². The second kappa shape index (κ2) is 7.46. The van der Waals surface area contributed by atoms with Crippen molar-refractivity contribution in [3.05, 3.63) is 12.3 Å². The molecule has 3 N–H and O–H groups in total. The van der Waals surface area contributed by atoms with Gasteiger partial charge in [0.2, 0.25) is 0 Å². The molecule has 0 bridgehead atoms. The fraction of sp³-hybridized carbons (Fsp3) is 0.882. The van der Waals surface area contributed by atoms with Gasteiger partial charge in [0.05, 0.1) is 0 Å². The molecular weight excluding hydrogens is 246 g/mol. The molecule has 2 saturated heterocycles. The molecule has 3 atom stereocenters. The molecule has 0 aromatic heterocycles. The fourth-order valence-electron chi connectivity index (χ4n) is 3.96. The minimum absolute atomic E-state index is 0.626. The second-order valence-corrected chi connectivity index (χ2v) is 7.08. The Morgan fingerprint density at radius 2 is 2.00 bits per heavy atom. The smallest absolute Gasteiger partial charge is 0.00417 e. The van der Waals surface area contributed by atoms with E-state index in [-0.39, 0.29) is 0 Å². The van der Waals surface area contributed by atoms with Crippen molar-refractivity contribution in [3.8, 4) is 0 Å². The van der Waals surface area contributed by atoms with E-state index in [1.54, 1.807) is 0 Å². The van der Waals surface area contributed by atoms with Crippen LogP contribution in [-0.2, 0) is 0 Å². The van der Waals surface area contributed by atoms with Crippen molar-refractivity contribution in [1.82, 2.24) is 10.2 Å². The van der Waals surface area contributed by atoms with Gasteiger partial charge in [0.15, 0.2) is 0 Å². The highest BCUT2D eigenvalue weighted by Gasteiger charge is 2.30. The maximum Gasteiger partial charge on any atom is 0.00417 e. The largest absolute Gasteiger partial charge is 0.403 e. The van der Waals surface area contributed by atoms with Crippen molar-refractivity contribution in [3.63, 3.8) is 0 Å². The predicted octanol–water partition coefficient (Wildman–Crippen LogP) is 2.59. The minimum Gasteiger partial charge on any atom is -0.403 e. The fourth-order valence-corrected chi connectivity index (χ4v) is 3.96. The van der Waals surface area contributed by atoms with Crippen LogP contribution < -0.4 is 11.1 Å². The van der Waals surface area contributed by atoms with E-state index >= 15 is 0 Å². The number of nitrogens with two attached hydrogens (primary N) is 1. The standard InChI is InChI=1S/C17H33N3/c1-4-15-5-7-20(8-6-15)12-17-11-19-14(3)10-16(17)9-13(2)18/h14-17,19H,2,4-12,18H2,1,3H3/t14-,16?,17-/m1/s1. The third-order valence-electron chi connectivity index (χ3n) is 5.35. The summed E-state index contributed by atoms with van der Waals surface area (Å²) in [5, 5.41) is 3.65. The molecule has 2 rings (SSSR count). The van der Waals surface area contributed by atoms with Gasteiger partial charge in [0.25, 0.3) is 0 Å². The minimum atomic E-state index is 0.626. The molecule has 0 aromatic rings. The quantitative estimate of drug-likeness (QED) is 0.813. The lowest BCUT2D eigenvalue weighted by molar-refractivity contribution is 0.113. The Bertz CT molecular complexity index is 307. The average Bonchev–Trinajstić information content (AvgIpc) is 2.42. The van der Waals surface area contributed by atoms with E-state index in [0.29, 0.717) is 12.0 Å². The summed E-state index contributed by atoms with van der Waals surface area (Å²) in [4.78, 5) is 2.68. The van der Waals surface area contributed by atoms with Crippen molar-refractivity contribution in [2.75, 3.05) is 26.2 Å². The number of hydrogen-bond acceptors (Lipinski definition) is 3. The first-order valence-corrected chi connectivity index (χ1v) is 8.47. The monoisotopic (exact) mass is 279 g/mol. The summed E-state index contributed by atoms with van der Waals surface area (Å²) >= 11 is 0. The summed E-state index contributed by atoms with van der Waals surface area (Å²) in [5.74, 6) is 2.42. The first kappa shape index (κ1) is 15.8. The predicted molar refractivity (Wildman–Crippen MR) is 86.5 cm³/mol. The number of nitrogens with zero attached hydrogens (tertiary/aromatic N) is 1. The summed E-state index contributed by atoms with van der Waals surface area (Å²) in [5.41, 5.74) is 6.73. The maximum atomic E-state index is 5.87. The summed E-state index contributed by atoms with van der Waals surface area (Å²) in [6.45, 7) is 13.5. The van der Waals surface area contributed by atoms with E-state index in [0.717, 1.165) is 30.5 Å². The SMILES string of the molecule is C=C(N)CC1C[C@@H](C)NC[C@@H]1CN1CCC(CC)CC1. The average molecular weight is 279 g/mol. The second-order valence-electron chi connectivity index (χ2n) is 7.08. The molecule has 2 aliphatic heterocycles. The Kier molecular flexibility index (Phi) is 5.91. The highest BCUT2D eigenvalue weighted by molar-refractivity contribution is 4.95.